The van der Waals surface area contributed by atoms with Crippen LogP contribution in [0.4, 0.5) is 0 Å². The number of rotatable bonds is 8. The SMILES string of the molecule is CC(=O)c1cc(C(=O)OCC(=O)N[C@@H](C)c2ccc(CC(C)C)cc2)n(C)c1. The summed E-state index contributed by atoms with van der Waals surface area (Å²) in [7, 11) is 1.65. The van der Waals surface area contributed by atoms with Crippen LogP contribution in [-0.2, 0) is 23.0 Å². The molecule has 0 aliphatic rings. The van der Waals surface area contributed by atoms with Crippen molar-refractivity contribution in [3.05, 3.63) is 58.9 Å². The lowest BCUT2D eigenvalue weighted by Crippen LogP contribution is -2.31. The van der Waals surface area contributed by atoms with Crippen molar-refractivity contribution in [2.24, 2.45) is 13.0 Å². The molecule has 0 bridgehead atoms. The van der Waals surface area contributed by atoms with Gasteiger partial charge in [0.1, 0.15) is 5.69 Å². The Balaban J connectivity index is 1.87. The average molecular weight is 384 g/mol. The molecule has 0 spiro atoms. The third kappa shape index (κ3) is 5.81. The number of carbonyl (C=O) groups excluding carboxylic acids is 3. The van der Waals surface area contributed by atoms with Gasteiger partial charge in [0.25, 0.3) is 5.91 Å². The normalized spacial score (nSPS) is 11.9. The van der Waals surface area contributed by atoms with E-state index in [9.17, 15) is 14.4 Å². The van der Waals surface area contributed by atoms with Crippen LogP contribution in [0.1, 0.15) is 65.7 Å². The van der Waals surface area contributed by atoms with Gasteiger partial charge in [-0.25, -0.2) is 4.79 Å². The lowest BCUT2D eigenvalue weighted by molar-refractivity contribution is -0.124. The molecule has 2 aromatic rings. The number of aromatic nitrogens is 1. The first-order valence-electron chi connectivity index (χ1n) is 9.40. The molecular formula is C22H28N2O4. The minimum atomic E-state index is -0.643. The Kier molecular flexibility index (Phi) is 7.15. The second-order valence-corrected chi connectivity index (χ2v) is 7.49. The zero-order valence-corrected chi connectivity index (χ0v) is 17.1. The summed E-state index contributed by atoms with van der Waals surface area (Å²) in [6.45, 7) is 7.28. The Morgan fingerprint density at radius 1 is 1.11 bits per heavy atom. The molecule has 0 saturated carbocycles. The summed E-state index contributed by atoms with van der Waals surface area (Å²) < 4.78 is 6.59. The van der Waals surface area contributed by atoms with Gasteiger partial charge >= 0.3 is 5.97 Å². The van der Waals surface area contributed by atoms with E-state index in [-0.39, 0.29) is 30.0 Å². The molecule has 150 valence electrons. The molecule has 0 fully saturated rings. The first-order valence-corrected chi connectivity index (χ1v) is 9.40. The number of aryl methyl sites for hydroxylation is 1. The van der Waals surface area contributed by atoms with Crippen LogP contribution < -0.4 is 5.32 Å². The van der Waals surface area contributed by atoms with Crippen molar-refractivity contribution >= 4 is 17.7 Å². The van der Waals surface area contributed by atoms with E-state index in [1.807, 2.05) is 19.1 Å². The Morgan fingerprint density at radius 2 is 1.75 bits per heavy atom. The minimum absolute atomic E-state index is 0.138. The van der Waals surface area contributed by atoms with Crippen molar-refractivity contribution in [2.45, 2.75) is 40.2 Å². The highest BCUT2D eigenvalue weighted by Crippen LogP contribution is 2.15. The number of benzene rings is 1. The molecule has 28 heavy (non-hydrogen) atoms. The van der Waals surface area contributed by atoms with Gasteiger partial charge in [0, 0.05) is 18.8 Å². The molecule has 0 radical (unpaired) electrons. The third-order valence-electron chi connectivity index (χ3n) is 4.46. The van der Waals surface area contributed by atoms with E-state index in [4.69, 9.17) is 4.74 Å². The quantitative estimate of drug-likeness (QED) is 0.558. The molecule has 1 atom stereocenters. The molecule has 6 nitrogen and oxygen atoms in total. The summed E-state index contributed by atoms with van der Waals surface area (Å²) in [5, 5.41) is 2.82. The molecule has 1 aromatic carbocycles. The number of hydrogen-bond donors (Lipinski definition) is 1. The molecule has 2 rings (SSSR count). The van der Waals surface area contributed by atoms with Crippen molar-refractivity contribution < 1.29 is 19.1 Å². The second-order valence-electron chi connectivity index (χ2n) is 7.49. The van der Waals surface area contributed by atoms with Crippen LogP contribution in [0.15, 0.2) is 36.5 Å². The fraction of sp³-hybridized carbons (Fsp3) is 0.409. The van der Waals surface area contributed by atoms with Gasteiger partial charge in [0.05, 0.1) is 6.04 Å². The first kappa shape index (κ1) is 21.4. The van der Waals surface area contributed by atoms with Gasteiger partial charge < -0.3 is 14.6 Å². The molecular weight excluding hydrogens is 356 g/mol. The van der Waals surface area contributed by atoms with Crippen LogP contribution in [0.3, 0.4) is 0 Å². The van der Waals surface area contributed by atoms with Crippen LogP contribution in [-0.4, -0.2) is 28.8 Å². The molecule has 1 amide bonds. The zero-order chi connectivity index (χ0) is 20.8. The zero-order valence-electron chi connectivity index (χ0n) is 17.1. The number of nitrogens with one attached hydrogen (secondary N) is 1. The number of amides is 1. The summed E-state index contributed by atoms with van der Waals surface area (Å²) in [5.74, 6) is -0.571. The summed E-state index contributed by atoms with van der Waals surface area (Å²) >= 11 is 0. The fourth-order valence-electron chi connectivity index (χ4n) is 2.95. The van der Waals surface area contributed by atoms with E-state index in [1.54, 1.807) is 13.2 Å². The number of ketones is 1. The standard InChI is InChI=1S/C22H28N2O4/c1-14(2)10-17-6-8-18(9-7-17)15(3)23-21(26)13-28-22(27)20-11-19(16(4)25)12-24(20)5/h6-9,11-12,14-15H,10,13H2,1-5H3,(H,23,26)/t15-/m0/s1. The van der Waals surface area contributed by atoms with Crippen molar-refractivity contribution in [3.63, 3.8) is 0 Å². The van der Waals surface area contributed by atoms with Crippen molar-refractivity contribution in [1.29, 1.82) is 0 Å². The molecule has 0 saturated heterocycles. The molecule has 0 aliphatic heterocycles. The largest absolute Gasteiger partial charge is 0.451 e. The fourth-order valence-corrected chi connectivity index (χ4v) is 2.95. The molecule has 0 aliphatic carbocycles. The summed E-state index contributed by atoms with van der Waals surface area (Å²) in [4.78, 5) is 35.7. The number of esters is 1. The number of carbonyl (C=O) groups is 3. The highest BCUT2D eigenvalue weighted by atomic mass is 16.5. The summed E-state index contributed by atoms with van der Waals surface area (Å²) in [6, 6.07) is 9.41. The maximum absolute atomic E-state index is 12.2. The van der Waals surface area contributed by atoms with E-state index < -0.39 is 5.97 Å². The van der Waals surface area contributed by atoms with Crippen molar-refractivity contribution in [3.8, 4) is 0 Å². The van der Waals surface area contributed by atoms with E-state index in [0.29, 0.717) is 11.5 Å². The van der Waals surface area contributed by atoms with E-state index in [1.165, 1.54) is 23.1 Å². The monoisotopic (exact) mass is 384 g/mol. The maximum Gasteiger partial charge on any atom is 0.355 e. The Morgan fingerprint density at radius 3 is 2.29 bits per heavy atom. The average Bonchev–Trinajstić information content (AvgIpc) is 3.02. The van der Waals surface area contributed by atoms with Crippen LogP contribution in [0.5, 0.6) is 0 Å². The van der Waals surface area contributed by atoms with E-state index in [2.05, 4.69) is 31.3 Å². The lowest BCUT2D eigenvalue weighted by atomic mass is 10.00. The van der Waals surface area contributed by atoms with Gasteiger partial charge in [-0.05, 0) is 43.4 Å². The third-order valence-corrected chi connectivity index (χ3v) is 4.46. The van der Waals surface area contributed by atoms with Crippen LogP contribution in [0, 0.1) is 5.92 Å². The van der Waals surface area contributed by atoms with Gasteiger partial charge in [-0.15, -0.1) is 0 Å². The van der Waals surface area contributed by atoms with Gasteiger partial charge in [-0.2, -0.15) is 0 Å². The Labute approximate surface area is 165 Å². The molecule has 1 heterocycles. The highest BCUT2D eigenvalue weighted by Gasteiger charge is 2.17. The highest BCUT2D eigenvalue weighted by molar-refractivity contribution is 5.98. The number of ether oxygens (including phenoxy) is 1. The molecule has 1 aromatic heterocycles. The van der Waals surface area contributed by atoms with Gasteiger partial charge in [-0.1, -0.05) is 38.1 Å². The van der Waals surface area contributed by atoms with E-state index >= 15 is 0 Å². The molecule has 0 unspecified atom stereocenters. The summed E-state index contributed by atoms with van der Waals surface area (Å²) in [6.07, 6.45) is 2.57. The lowest BCUT2D eigenvalue weighted by Gasteiger charge is -2.15. The predicted molar refractivity (Wildman–Crippen MR) is 107 cm³/mol. The smallest absolute Gasteiger partial charge is 0.355 e. The van der Waals surface area contributed by atoms with Crippen molar-refractivity contribution in [2.75, 3.05) is 6.61 Å². The first-order chi connectivity index (χ1) is 13.2. The predicted octanol–water partition coefficient (Wildman–Crippen LogP) is 3.46. The molecule has 6 heteroatoms. The molecule has 1 N–H and O–H groups in total. The number of nitrogens with zero attached hydrogens (tertiary/aromatic N) is 1. The van der Waals surface area contributed by atoms with Gasteiger partial charge in [0.15, 0.2) is 12.4 Å². The topological polar surface area (TPSA) is 77.4 Å². The van der Waals surface area contributed by atoms with Gasteiger partial charge in [-0.3, -0.25) is 9.59 Å². The van der Waals surface area contributed by atoms with Crippen LogP contribution in [0.2, 0.25) is 0 Å². The minimum Gasteiger partial charge on any atom is -0.451 e. The van der Waals surface area contributed by atoms with Crippen molar-refractivity contribution in [1.82, 2.24) is 9.88 Å². The maximum atomic E-state index is 12.2. The Bertz CT molecular complexity index is 850. The number of hydrogen-bond acceptors (Lipinski definition) is 4. The van der Waals surface area contributed by atoms with E-state index in [0.717, 1.165) is 12.0 Å². The Hall–Kier alpha value is -2.89. The summed E-state index contributed by atoms with van der Waals surface area (Å²) in [5.41, 5.74) is 2.90. The number of Topliss-reactive ketones (excluding diaryl/α,β-unsaturated/α-hetero) is 1. The second kappa shape index (κ2) is 9.35. The van der Waals surface area contributed by atoms with Gasteiger partial charge in [0.2, 0.25) is 0 Å². The van der Waals surface area contributed by atoms with Crippen LogP contribution >= 0.6 is 0 Å². The van der Waals surface area contributed by atoms with Crippen LogP contribution in [0.25, 0.3) is 0 Å².